The highest BCUT2D eigenvalue weighted by molar-refractivity contribution is 7.99. The summed E-state index contributed by atoms with van der Waals surface area (Å²) in [5.41, 5.74) is 2.63. The lowest BCUT2D eigenvalue weighted by molar-refractivity contribution is -0.121. The number of carbonyl (C=O) groups is 1. The number of nitrogens with one attached hydrogen (secondary N) is 2. The number of hydrogen-bond donors (Lipinski definition) is 2. The number of thioether (sulfide) groups is 1. The average Bonchev–Trinajstić information content (AvgIpc) is 2.45. The van der Waals surface area contributed by atoms with Crippen LogP contribution in [0, 0.1) is 19.8 Å². The summed E-state index contributed by atoms with van der Waals surface area (Å²) < 4.78 is 0. The molecule has 2 rings (SSSR count). The van der Waals surface area contributed by atoms with Crippen molar-refractivity contribution in [2.75, 3.05) is 18.8 Å². The van der Waals surface area contributed by atoms with Crippen molar-refractivity contribution in [3.05, 3.63) is 29.3 Å². The Morgan fingerprint density at radius 3 is 2.82 bits per heavy atom. The first-order valence-electron chi connectivity index (χ1n) is 7.76. The van der Waals surface area contributed by atoms with Gasteiger partial charge in [-0.25, -0.2) is 0 Å². The van der Waals surface area contributed by atoms with E-state index < -0.39 is 0 Å². The van der Waals surface area contributed by atoms with Gasteiger partial charge in [0, 0.05) is 23.1 Å². The molecule has 1 heterocycles. The van der Waals surface area contributed by atoms with Crippen LogP contribution >= 0.6 is 24.2 Å². The molecule has 0 bridgehead atoms. The first-order valence-corrected chi connectivity index (χ1v) is 8.75. The number of piperidine rings is 1. The predicted molar refractivity (Wildman–Crippen MR) is 97.1 cm³/mol. The number of carbonyl (C=O) groups excluding carboxylic acids is 1. The fourth-order valence-corrected chi connectivity index (χ4v) is 3.52. The zero-order valence-corrected chi connectivity index (χ0v) is 15.3. The number of benzene rings is 1. The molecule has 0 radical (unpaired) electrons. The lowest BCUT2D eigenvalue weighted by Crippen LogP contribution is -2.48. The zero-order valence-electron chi connectivity index (χ0n) is 13.6. The van der Waals surface area contributed by atoms with Crippen molar-refractivity contribution >= 4 is 30.1 Å². The second kappa shape index (κ2) is 9.43. The van der Waals surface area contributed by atoms with Gasteiger partial charge in [0.2, 0.25) is 5.91 Å². The van der Waals surface area contributed by atoms with E-state index in [1.807, 2.05) is 0 Å². The summed E-state index contributed by atoms with van der Waals surface area (Å²) in [6.07, 6.45) is 1.63. The zero-order chi connectivity index (χ0) is 15.2. The van der Waals surface area contributed by atoms with Crippen molar-refractivity contribution in [1.82, 2.24) is 10.6 Å². The van der Waals surface area contributed by atoms with Crippen molar-refractivity contribution in [2.24, 2.45) is 5.92 Å². The molecule has 2 unspecified atom stereocenters. The van der Waals surface area contributed by atoms with Crippen LogP contribution in [0.1, 0.15) is 30.9 Å². The molecule has 2 atom stereocenters. The van der Waals surface area contributed by atoms with Crippen molar-refractivity contribution in [2.45, 2.75) is 44.6 Å². The van der Waals surface area contributed by atoms with Gasteiger partial charge in [-0.2, -0.15) is 0 Å². The van der Waals surface area contributed by atoms with Crippen molar-refractivity contribution in [3.63, 3.8) is 0 Å². The second-order valence-corrected chi connectivity index (χ2v) is 7.16. The van der Waals surface area contributed by atoms with E-state index in [4.69, 9.17) is 0 Å². The normalized spacial score (nSPS) is 21.0. The molecular weight excluding hydrogens is 316 g/mol. The third-order valence-corrected chi connectivity index (χ3v) is 5.20. The second-order valence-electron chi connectivity index (χ2n) is 5.99. The summed E-state index contributed by atoms with van der Waals surface area (Å²) in [6, 6.07) is 6.83. The van der Waals surface area contributed by atoms with E-state index in [0.29, 0.717) is 18.4 Å². The molecule has 0 aliphatic carbocycles. The molecule has 5 heteroatoms. The lowest BCUT2D eigenvalue weighted by atomic mass is 9.95. The fraction of sp³-hybridized carbons (Fsp3) is 0.588. The molecule has 1 aliphatic heterocycles. The Labute approximate surface area is 144 Å². The Morgan fingerprint density at radius 1 is 1.36 bits per heavy atom. The highest BCUT2D eigenvalue weighted by Crippen LogP contribution is 2.21. The Bertz CT molecular complexity index is 496. The third-order valence-electron chi connectivity index (χ3n) is 4.21. The monoisotopic (exact) mass is 342 g/mol. The Balaban J connectivity index is 0.00000242. The first kappa shape index (κ1) is 19.3. The molecule has 0 saturated carbocycles. The van der Waals surface area contributed by atoms with Gasteiger partial charge < -0.3 is 10.6 Å². The first-order chi connectivity index (χ1) is 10.1. The van der Waals surface area contributed by atoms with E-state index in [9.17, 15) is 4.79 Å². The minimum atomic E-state index is 0. The van der Waals surface area contributed by atoms with Crippen LogP contribution in [0.15, 0.2) is 23.1 Å². The van der Waals surface area contributed by atoms with E-state index in [-0.39, 0.29) is 18.3 Å². The van der Waals surface area contributed by atoms with Gasteiger partial charge in [0.05, 0.1) is 0 Å². The molecule has 0 spiro atoms. The molecule has 0 aromatic heterocycles. The van der Waals surface area contributed by atoms with E-state index in [0.717, 1.165) is 25.3 Å². The van der Waals surface area contributed by atoms with Gasteiger partial charge in [0.25, 0.3) is 0 Å². The topological polar surface area (TPSA) is 41.1 Å². The van der Waals surface area contributed by atoms with Crippen LogP contribution in [0.2, 0.25) is 0 Å². The Kier molecular flexibility index (Phi) is 8.29. The maximum absolute atomic E-state index is 12.0. The van der Waals surface area contributed by atoms with Gasteiger partial charge in [-0.05, 0) is 62.5 Å². The summed E-state index contributed by atoms with van der Waals surface area (Å²) in [4.78, 5) is 13.3. The molecule has 1 saturated heterocycles. The summed E-state index contributed by atoms with van der Waals surface area (Å²) in [7, 11) is 0. The molecule has 1 aromatic carbocycles. The molecule has 1 aromatic rings. The minimum absolute atomic E-state index is 0. The van der Waals surface area contributed by atoms with E-state index >= 15 is 0 Å². The molecule has 1 fully saturated rings. The van der Waals surface area contributed by atoms with Crippen LogP contribution in [-0.2, 0) is 4.79 Å². The Morgan fingerprint density at radius 2 is 2.14 bits per heavy atom. The number of amides is 1. The van der Waals surface area contributed by atoms with Crippen molar-refractivity contribution in [3.8, 4) is 0 Å². The van der Waals surface area contributed by atoms with Gasteiger partial charge in [-0.3, -0.25) is 4.79 Å². The highest BCUT2D eigenvalue weighted by atomic mass is 35.5. The van der Waals surface area contributed by atoms with Crippen molar-refractivity contribution in [1.29, 1.82) is 0 Å². The maximum atomic E-state index is 12.0. The molecule has 3 nitrogen and oxygen atoms in total. The standard InChI is InChI=1S/C17H26N2OS.ClH/c1-12-4-5-15(10-13(12)2)21-9-7-17(20)19-16-6-8-18-11-14(16)3;/h4-5,10,14,16,18H,6-9,11H2,1-3H3,(H,19,20);1H. The minimum Gasteiger partial charge on any atom is -0.353 e. The Hall–Kier alpha value is -0.710. The number of hydrogen-bond acceptors (Lipinski definition) is 3. The van der Waals surface area contributed by atoms with Crippen molar-refractivity contribution < 1.29 is 4.79 Å². The van der Waals surface area contributed by atoms with Gasteiger partial charge in [-0.15, -0.1) is 24.2 Å². The van der Waals surface area contributed by atoms with Crippen LogP contribution in [0.4, 0.5) is 0 Å². The number of aryl methyl sites for hydroxylation is 2. The van der Waals surface area contributed by atoms with Gasteiger partial charge >= 0.3 is 0 Å². The maximum Gasteiger partial charge on any atom is 0.221 e. The van der Waals surface area contributed by atoms with E-state index in [1.165, 1.54) is 16.0 Å². The van der Waals surface area contributed by atoms with Gasteiger partial charge in [0.15, 0.2) is 0 Å². The smallest absolute Gasteiger partial charge is 0.221 e. The molecule has 124 valence electrons. The van der Waals surface area contributed by atoms with Crippen LogP contribution < -0.4 is 10.6 Å². The summed E-state index contributed by atoms with van der Waals surface area (Å²) in [5, 5.41) is 6.54. The van der Waals surface area contributed by atoms with Crippen LogP contribution in [-0.4, -0.2) is 30.8 Å². The third kappa shape index (κ3) is 5.82. The lowest BCUT2D eigenvalue weighted by Gasteiger charge is -2.30. The quantitative estimate of drug-likeness (QED) is 0.806. The summed E-state index contributed by atoms with van der Waals surface area (Å²) >= 11 is 1.76. The number of rotatable bonds is 5. The molecule has 22 heavy (non-hydrogen) atoms. The summed E-state index contributed by atoms with van der Waals surface area (Å²) in [5.74, 6) is 1.55. The van der Waals surface area contributed by atoms with Gasteiger partial charge in [0.1, 0.15) is 0 Å². The average molecular weight is 343 g/mol. The largest absolute Gasteiger partial charge is 0.353 e. The molecule has 1 amide bonds. The highest BCUT2D eigenvalue weighted by Gasteiger charge is 2.22. The molecular formula is C17H27ClN2OS. The van der Waals surface area contributed by atoms with E-state index in [2.05, 4.69) is 49.6 Å². The predicted octanol–water partition coefficient (Wildman–Crippen LogP) is 3.32. The fourth-order valence-electron chi connectivity index (χ4n) is 2.57. The van der Waals surface area contributed by atoms with Crippen LogP contribution in [0.5, 0.6) is 0 Å². The number of halogens is 1. The summed E-state index contributed by atoms with van der Waals surface area (Å²) in [6.45, 7) is 8.46. The van der Waals surface area contributed by atoms with Gasteiger partial charge in [-0.1, -0.05) is 13.0 Å². The van der Waals surface area contributed by atoms with Crippen LogP contribution in [0.3, 0.4) is 0 Å². The van der Waals surface area contributed by atoms with Crippen LogP contribution in [0.25, 0.3) is 0 Å². The molecule has 1 aliphatic rings. The van der Waals surface area contributed by atoms with E-state index in [1.54, 1.807) is 11.8 Å². The SMILES string of the molecule is Cc1ccc(SCCC(=O)NC2CCNCC2C)cc1C.Cl. The molecule has 2 N–H and O–H groups in total.